The number of carbonyl (C=O) groups is 1. The second-order valence-electron chi connectivity index (χ2n) is 4.31. The van der Waals surface area contributed by atoms with Crippen LogP contribution in [0, 0.1) is 11.6 Å². The summed E-state index contributed by atoms with van der Waals surface area (Å²) in [5.74, 6) is -1.53. The van der Waals surface area contributed by atoms with Crippen molar-refractivity contribution in [2.45, 2.75) is 6.92 Å². The van der Waals surface area contributed by atoms with Crippen LogP contribution in [0.1, 0.15) is 17.3 Å². The third kappa shape index (κ3) is 3.51. The van der Waals surface area contributed by atoms with Crippen molar-refractivity contribution < 1.29 is 13.6 Å². The zero-order valence-electron chi connectivity index (χ0n) is 10.9. The number of carbonyl (C=O) groups excluding carboxylic acids is 1. The van der Waals surface area contributed by atoms with E-state index >= 15 is 0 Å². The van der Waals surface area contributed by atoms with Crippen molar-refractivity contribution in [3.63, 3.8) is 0 Å². The van der Waals surface area contributed by atoms with Crippen LogP contribution in [0.25, 0.3) is 0 Å². The number of nitrogens with one attached hydrogen (secondary N) is 1. The summed E-state index contributed by atoms with van der Waals surface area (Å²) in [5.41, 5.74) is 1.15. The van der Waals surface area contributed by atoms with Crippen molar-refractivity contribution in [1.82, 2.24) is 0 Å². The Bertz CT molecular complexity index is 651. The van der Waals surface area contributed by atoms with Crippen molar-refractivity contribution in [3.8, 4) is 0 Å². The molecular formula is C16H13F2NO. The summed E-state index contributed by atoms with van der Waals surface area (Å²) in [4.78, 5) is 11.9. The third-order valence-electron chi connectivity index (χ3n) is 2.67. The van der Waals surface area contributed by atoms with Crippen LogP contribution in [-0.2, 0) is 0 Å². The van der Waals surface area contributed by atoms with Gasteiger partial charge in [0, 0.05) is 23.4 Å². The first kappa shape index (κ1) is 13.9. The molecule has 1 N–H and O–H groups in total. The van der Waals surface area contributed by atoms with Crippen molar-refractivity contribution in [1.29, 1.82) is 0 Å². The Labute approximate surface area is 115 Å². The van der Waals surface area contributed by atoms with E-state index in [1.54, 1.807) is 31.2 Å². The van der Waals surface area contributed by atoms with Gasteiger partial charge in [-0.3, -0.25) is 4.79 Å². The Morgan fingerprint density at radius 3 is 2.45 bits per heavy atom. The van der Waals surface area contributed by atoms with E-state index in [1.807, 2.05) is 6.07 Å². The van der Waals surface area contributed by atoms with E-state index in [1.165, 1.54) is 12.1 Å². The fourth-order valence-electron chi connectivity index (χ4n) is 1.72. The molecule has 0 bridgehead atoms. The SMILES string of the molecule is C/C(=C\C(=O)c1ccccc1)Nc1ccc(F)cc1F. The molecule has 4 heteroatoms. The molecule has 2 aromatic rings. The molecule has 0 aromatic heterocycles. The number of halogens is 2. The van der Waals surface area contributed by atoms with E-state index < -0.39 is 11.6 Å². The molecule has 0 radical (unpaired) electrons. The van der Waals surface area contributed by atoms with E-state index in [2.05, 4.69) is 5.32 Å². The maximum absolute atomic E-state index is 13.5. The van der Waals surface area contributed by atoms with E-state index in [9.17, 15) is 13.6 Å². The highest BCUT2D eigenvalue weighted by Gasteiger charge is 2.05. The molecule has 0 fully saturated rings. The average Bonchev–Trinajstić information content (AvgIpc) is 2.43. The predicted molar refractivity (Wildman–Crippen MR) is 74.5 cm³/mol. The summed E-state index contributed by atoms with van der Waals surface area (Å²) in [5, 5.41) is 2.74. The zero-order valence-corrected chi connectivity index (χ0v) is 10.9. The first-order valence-corrected chi connectivity index (χ1v) is 6.06. The Morgan fingerprint density at radius 2 is 1.80 bits per heavy atom. The lowest BCUT2D eigenvalue weighted by atomic mass is 10.1. The standard InChI is InChI=1S/C16H13F2NO/c1-11(9-16(20)12-5-3-2-4-6-12)19-15-8-7-13(17)10-14(15)18/h2-10,19H,1H3/b11-9+. The van der Waals surface area contributed by atoms with E-state index in [4.69, 9.17) is 0 Å². The van der Waals surface area contributed by atoms with Gasteiger partial charge in [-0.2, -0.15) is 0 Å². The summed E-state index contributed by atoms with van der Waals surface area (Å²) in [6, 6.07) is 12.0. The number of benzene rings is 2. The van der Waals surface area contributed by atoms with Gasteiger partial charge in [0.05, 0.1) is 5.69 Å². The van der Waals surface area contributed by atoms with Gasteiger partial charge in [-0.25, -0.2) is 8.78 Å². The summed E-state index contributed by atoms with van der Waals surface area (Å²) >= 11 is 0. The van der Waals surface area contributed by atoms with Gasteiger partial charge in [0.25, 0.3) is 0 Å². The van der Waals surface area contributed by atoms with Gasteiger partial charge in [-0.1, -0.05) is 30.3 Å². The Balaban J connectivity index is 2.13. The highest BCUT2D eigenvalue weighted by atomic mass is 19.1. The molecule has 0 aliphatic rings. The van der Waals surface area contributed by atoms with Crippen LogP contribution >= 0.6 is 0 Å². The normalized spacial score (nSPS) is 11.2. The molecular weight excluding hydrogens is 260 g/mol. The van der Waals surface area contributed by atoms with Gasteiger partial charge in [-0.15, -0.1) is 0 Å². The molecule has 0 saturated carbocycles. The van der Waals surface area contributed by atoms with Gasteiger partial charge in [-0.05, 0) is 19.1 Å². The maximum Gasteiger partial charge on any atom is 0.187 e. The van der Waals surface area contributed by atoms with Gasteiger partial charge in [0.2, 0.25) is 0 Å². The molecule has 2 rings (SSSR count). The minimum Gasteiger partial charge on any atom is -0.357 e. The fourth-order valence-corrected chi connectivity index (χ4v) is 1.72. The topological polar surface area (TPSA) is 29.1 Å². The highest BCUT2D eigenvalue weighted by molar-refractivity contribution is 6.05. The quantitative estimate of drug-likeness (QED) is 0.669. The number of allylic oxidation sites excluding steroid dienone is 2. The van der Waals surface area contributed by atoms with E-state index in [0.717, 1.165) is 12.1 Å². The predicted octanol–water partition coefficient (Wildman–Crippen LogP) is 4.16. The van der Waals surface area contributed by atoms with Crippen LogP contribution in [-0.4, -0.2) is 5.78 Å². The largest absolute Gasteiger partial charge is 0.357 e. The summed E-state index contributed by atoms with van der Waals surface area (Å²) < 4.78 is 26.2. The molecule has 0 atom stereocenters. The maximum atomic E-state index is 13.5. The van der Waals surface area contributed by atoms with E-state index in [0.29, 0.717) is 11.3 Å². The molecule has 2 aromatic carbocycles. The Kier molecular flexibility index (Phi) is 4.25. The number of anilines is 1. The number of rotatable bonds is 4. The lowest BCUT2D eigenvalue weighted by molar-refractivity contribution is 0.104. The zero-order chi connectivity index (χ0) is 14.5. The molecule has 102 valence electrons. The number of hydrogen-bond acceptors (Lipinski definition) is 2. The van der Waals surface area contributed by atoms with Gasteiger partial charge in [0.15, 0.2) is 5.78 Å². The van der Waals surface area contributed by atoms with Crippen molar-refractivity contribution in [2.24, 2.45) is 0 Å². The second kappa shape index (κ2) is 6.10. The van der Waals surface area contributed by atoms with E-state index in [-0.39, 0.29) is 11.5 Å². The molecule has 0 amide bonds. The molecule has 0 aliphatic heterocycles. The first-order valence-electron chi connectivity index (χ1n) is 6.06. The molecule has 2 nitrogen and oxygen atoms in total. The van der Waals surface area contributed by atoms with Crippen LogP contribution in [0.2, 0.25) is 0 Å². The molecule has 0 heterocycles. The number of hydrogen-bond donors (Lipinski definition) is 1. The molecule has 0 aliphatic carbocycles. The second-order valence-corrected chi connectivity index (χ2v) is 4.31. The first-order chi connectivity index (χ1) is 9.56. The van der Waals surface area contributed by atoms with Crippen LogP contribution in [0.4, 0.5) is 14.5 Å². The highest BCUT2D eigenvalue weighted by Crippen LogP contribution is 2.17. The summed E-state index contributed by atoms with van der Waals surface area (Å²) in [6.45, 7) is 1.64. The van der Waals surface area contributed by atoms with Crippen molar-refractivity contribution >= 4 is 11.5 Å². The smallest absolute Gasteiger partial charge is 0.187 e. The molecule has 20 heavy (non-hydrogen) atoms. The Morgan fingerprint density at radius 1 is 1.10 bits per heavy atom. The van der Waals surface area contributed by atoms with Crippen LogP contribution < -0.4 is 5.32 Å². The molecule has 0 spiro atoms. The third-order valence-corrected chi connectivity index (χ3v) is 2.67. The van der Waals surface area contributed by atoms with Crippen LogP contribution in [0.5, 0.6) is 0 Å². The Hall–Kier alpha value is -2.49. The van der Waals surface area contributed by atoms with Crippen LogP contribution in [0.3, 0.4) is 0 Å². The van der Waals surface area contributed by atoms with Crippen molar-refractivity contribution in [2.75, 3.05) is 5.32 Å². The lowest BCUT2D eigenvalue weighted by Gasteiger charge is -2.07. The minimum atomic E-state index is -0.704. The lowest BCUT2D eigenvalue weighted by Crippen LogP contribution is -2.02. The van der Waals surface area contributed by atoms with Crippen molar-refractivity contribution in [3.05, 3.63) is 77.5 Å². The van der Waals surface area contributed by atoms with Gasteiger partial charge >= 0.3 is 0 Å². The fraction of sp³-hybridized carbons (Fsp3) is 0.0625. The molecule has 0 saturated heterocycles. The molecule has 0 unspecified atom stereocenters. The summed E-state index contributed by atoms with van der Waals surface area (Å²) in [6.07, 6.45) is 1.37. The van der Waals surface area contributed by atoms with Crippen LogP contribution in [0.15, 0.2) is 60.3 Å². The average molecular weight is 273 g/mol. The number of ketones is 1. The monoisotopic (exact) mass is 273 g/mol. The van der Waals surface area contributed by atoms with Gasteiger partial charge in [0.1, 0.15) is 11.6 Å². The summed E-state index contributed by atoms with van der Waals surface area (Å²) in [7, 11) is 0. The minimum absolute atomic E-state index is 0.126. The van der Waals surface area contributed by atoms with Gasteiger partial charge < -0.3 is 5.32 Å².